The highest BCUT2D eigenvalue weighted by Crippen LogP contribution is 2.37. The zero-order valence-electron chi connectivity index (χ0n) is 12.0. The summed E-state index contributed by atoms with van der Waals surface area (Å²) in [5, 5.41) is 0.784. The number of methoxy groups -OCH3 is 1. The Bertz CT molecular complexity index is 985. The lowest BCUT2D eigenvalue weighted by Crippen LogP contribution is -2.11. The Morgan fingerprint density at radius 1 is 1.00 bits per heavy atom. The number of H-pyrrole nitrogens is 1. The van der Waals surface area contributed by atoms with Crippen LogP contribution in [-0.2, 0) is 11.3 Å². The van der Waals surface area contributed by atoms with E-state index in [1.165, 1.54) is 0 Å². The molecule has 1 heterocycles. The molecule has 0 aliphatic heterocycles. The average Bonchev–Trinajstić information content (AvgIpc) is 2.82. The maximum absolute atomic E-state index is 12.8. The van der Waals surface area contributed by atoms with Crippen LogP contribution in [0.1, 0.15) is 21.5 Å². The van der Waals surface area contributed by atoms with Gasteiger partial charge in [-0.25, -0.2) is 0 Å². The van der Waals surface area contributed by atoms with Crippen molar-refractivity contribution < 1.29 is 9.53 Å². The topological polar surface area (TPSA) is 59.2 Å². The molecule has 1 aliphatic rings. The molecule has 0 saturated heterocycles. The van der Waals surface area contributed by atoms with Gasteiger partial charge < -0.3 is 9.72 Å². The predicted octanol–water partition coefficient (Wildman–Crippen LogP) is 2.89. The van der Waals surface area contributed by atoms with Gasteiger partial charge in [-0.1, -0.05) is 30.3 Å². The number of ether oxygens (including phenoxy) is 1. The summed E-state index contributed by atoms with van der Waals surface area (Å²) in [7, 11) is 1.61. The first-order valence-corrected chi connectivity index (χ1v) is 7.02. The lowest BCUT2D eigenvalue weighted by atomic mass is 10.0. The van der Waals surface area contributed by atoms with Crippen LogP contribution >= 0.6 is 0 Å². The molecule has 1 aromatic heterocycles. The third kappa shape index (κ3) is 1.68. The van der Waals surface area contributed by atoms with Gasteiger partial charge >= 0.3 is 0 Å². The Morgan fingerprint density at radius 3 is 2.64 bits per heavy atom. The maximum Gasteiger partial charge on any atom is 0.257 e. The van der Waals surface area contributed by atoms with Gasteiger partial charge in [0.1, 0.15) is 0 Å². The number of fused-ring (bicyclic) bond motifs is 5. The van der Waals surface area contributed by atoms with E-state index in [0.717, 1.165) is 10.9 Å². The van der Waals surface area contributed by atoms with Crippen molar-refractivity contribution in [2.24, 2.45) is 0 Å². The van der Waals surface area contributed by atoms with Crippen molar-refractivity contribution in [1.29, 1.82) is 0 Å². The maximum atomic E-state index is 12.8. The summed E-state index contributed by atoms with van der Waals surface area (Å²) in [6, 6.07) is 12.9. The summed E-state index contributed by atoms with van der Waals surface area (Å²) >= 11 is 0. The number of rotatable bonds is 2. The average molecular weight is 291 g/mol. The SMILES string of the molecule is COCc1ccc2c(c1)C(=O)c1c-2c(=O)[nH]c2ccccc12. The molecule has 4 nitrogen and oxygen atoms in total. The number of ketones is 1. The van der Waals surface area contributed by atoms with E-state index in [1.54, 1.807) is 7.11 Å². The van der Waals surface area contributed by atoms with E-state index in [2.05, 4.69) is 4.98 Å². The number of carbonyl (C=O) groups excluding carboxylic acids is 1. The smallest absolute Gasteiger partial charge is 0.257 e. The number of hydrogen-bond donors (Lipinski definition) is 1. The molecule has 4 rings (SSSR count). The number of carbonyl (C=O) groups is 1. The van der Waals surface area contributed by atoms with E-state index in [9.17, 15) is 9.59 Å². The quantitative estimate of drug-likeness (QED) is 0.618. The first kappa shape index (κ1) is 13.0. The highest BCUT2D eigenvalue weighted by molar-refractivity contribution is 6.26. The Labute approximate surface area is 126 Å². The second-order valence-corrected chi connectivity index (χ2v) is 5.39. The van der Waals surface area contributed by atoms with Gasteiger partial charge in [-0.15, -0.1) is 0 Å². The fraction of sp³-hybridized carbons (Fsp3) is 0.111. The van der Waals surface area contributed by atoms with Crippen LogP contribution in [0.3, 0.4) is 0 Å². The van der Waals surface area contributed by atoms with Crippen molar-refractivity contribution in [3.63, 3.8) is 0 Å². The van der Waals surface area contributed by atoms with Gasteiger partial charge in [-0.2, -0.15) is 0 Å². The van der Waals surface area contributed by atoms with Gasteiger partial charge in [0, 0.05) is 29.1 Å². The van der Waals surface area contributed by atoms with E-state index >= 15 is 0 Å². The van der Waals surface area contributed by atoms with Gasteiger partial charge in [0.25, 0.3) is 5.56 Å². The second-order valence-electron chi connectivity index (χ2n) is 5.39. The molecule has 0 fully saturated rings. The van der Waals surface area contributed by atoms with E-state index in [-0.39, 0.29) is 11.3 Å². The molecule has 1 N–H and O–H groups in total. The van der Waals surface area contributed by atoms with E-state index < -0.39 is 0 Å². The van der Waals surface area contributed by atoms with Crippen molar-refractivity contribution in [1.82, 2.24) is 4.98 Å². The van der Waals surface area contributed by atoms with Crippen LogP contribution < -0.4 is 5.56 Å². The van der Waals surface area contributed by atoms with Crippen LogP contribution in [0, 0.1) is 0 Å². The summed E-state index contributed by atoms with van der Waals surface area (Å²) in [6.45, 7) is 0.439. The monoisotopic (exact) mass is 291 g/mol. The molecule has 0 bridgehead atoms. The first-order valence-electron chi connectivity index (χ1n) is 7.02. The molecular formula is C18H13NO3. The molecule has 0 saturated carbocycles. The summed E-state index contributed by atoms with van der Waals surface area (Å²) in [5.74, 6) is -0.0924. The van der Waals surface area contributed by atoms with Crippen molar-refractivity contribution >= 4 is 16.7 Å². The molecule has 2 aromatic carbocycles. The molecule has 4 heteroatoms. The molecule has 22 heavy (non-hydrogen) atoms. The standard InChI is InChI=1S/C18H13NO3/c1-22-9-10-6-7-11-13(8-10)17(20)15-12-4-2-3-5-14(12)19-18(21)16(11)15/h2-8H,9H2,1H3,(H,19,21). The Kier molecular flexibility index (Phi) is 2.74. The lowest BCUT2D eigenvalue weighted by Gasteiger charge is -2.04. The minimum atomic E-state index is -0.222. The number of benzene rings is 2. The second kappa shape index (κ2) is 4.64. The van der Waals surface area contributed by atoms with Crippen LogP contribution in [0.4, 0.5) is 0 Å². The largest absolute Gasteiger partial charge is 0.380 e. The number of para-hydroxylation sites is 1. The normalized spacial score (nSPS) is 12.5. The molecule has 0 atom stereocenters. The zero-order chi connectivity index (χ0) is 15.3. The van der Waals surface area contributed by atoms with Crippen LogP contribution in [0.25, 0.3) is 22.0 Å². The molecule has 0 unspecified atom stereocenters. The zero-order valence-corrected chi connectivity index (χ0v) is 12.0. The van der Waals surface area contributed by atoms with Crippen LogP contribution in [0.2, 0.25) is 0 Å². The summed E-state index contributed by atoms with van der Waals surface area (Å²) in [6.07, 6.45) is 0. The minimum absolute atomic E-state index is 0.0924. The fourth-order valence-electron chi connectivity index (χ4n) is 3.12. The molecule has 0 radical (unpaired) electrons. The lowest BCUT2D eigenvalue weighted by molar-refractivity contribution is 0.104. The Hall–Kier alpha value is -2.72. The fourth-order valence-corrected chi connectivity index (χ4v) is 3.12. The third-order valence-electron chi connectivity index (χ3n) is 4.06. The van der Waals surface area contributed by atoms with E-state index in [0.29, 0.717) is 34.4 Å². The molecule has 0 spiro atoms. The van der Waals surface area contributed by atoms with Crippen LogP contribution in [0.15, 0.2) is 47.3 Å². The van der Waals surface area contributed by atoms with Crippen molar-refractivity contribution in [2.45, 2.75) is 6.61 Å². The van der Waals surface area contributed by atoms with Gasteiger partial charge in [0.15, 0.2) is 5.78 Å². The summed E-state index contributed by atoms with van der Waals surface area (Å²) in [5.41, 5.74) is 3.64. The van der Waals surface area contributed by atoms with E-state index in [1.807, 2.05) is 42.5 Å². The first-order chi connectivity index (χ1) is 10.7. The number of aromatic amines is 1. The predicted molar refractivity (Wildman–Crippen MR) is 84.2 cm³/mol. The third-order valence-corrected chi connectivity index (χ3v) is 4.06. The Morgan fingerprint density at radius 2 is 1.82 bits per heavy atom. The molecule has 1 aliphatic carbocycles. The van der Waals surface area contributed by atoms with Gasteiger partial charge in [0.2, 0.25) is 0 Å². The van der Waals surface area contributed by atoms with Gasteiger partial charge in [-0.05, 0) is 23.3 Å². The van der Waals surface area contributed by atoms with Gasteiger partial charge in [0.05, 0.1) is 12.2 Å². The Balaban J connectivity index is 2.06. The summed E-state index contributed by atoms with van der Waals surface area (Å²) in [4.78, 5) is 28.1. The molecule has 3 aromatic rings. The summed E-state index contributed by atoms with van der Waals surface area (Å²) < 4.78 is 5.11. The molecule has 108 valence electrons. The number of pyridine rings is 1. The van der Waals surface area contributed by atoms with Crippen LogP contribution in [0.5, 0.6) is 0 Å². The van der Waals surface area contributed by atoms with Crippen molar-refractivity contribution in [2.75, 3.05) is 7.11 Å². The number of hydrogen-bond acceptors (Lipinski definition) is 3. The molecule has 0 amide bonds. The highest BCUT2D eigenvalue weighted by atomic mass is 16.5. The number of nitrogens with one attached hydrogen (secondary N) is 1. The minimum Gasteiger partial charge on any atom is -0.380 e. The van der Waals surface area contributed by atoms with Gasteiger partial charge in [-0.3, -0.25) is 9.59 Å². The number of aromatic nitrogens is 1. The van der Waals surface area contributed by atoms with Crippen molar-refractivity contribution in [3.8, 4) is 11.1 Å². The molecular weight excluding hydrogens is 278 g/mol. The highest BCUT2D eigenvalue weighted by Gasteiger charge is 2.31. The van der Waals surface area contributed by atoms with E-state index in [4.69, 9.17) is 4.74 Å². The van der Waals surface area contributed by atoms with Crippen molar-refractivity contribution in [3.05, 3.63) is 69.5 Å². The van der Waals surface area contributed by atoms with Crippen LogP contribution in [-0.4, -0.2) is 17.9 Å².